The molecule has 4 aliphatic rings. The van der Waals surface area contributed by atoms with E-state index in [1.165, 1.54) is 63.5 Å². The van der Waals surface area contributed by atoms with E-state index in [0.717, 1.165) is 85.6 Å². The minimum absolute atomic E-state index is 0.271. The van der Waals surface area contributed by atoms with Gasteiger partial charge in [0.25, 0.3) is 0 Å². The number of fused-ring (bicyclic) bond motifs is 4. The maximum Gasteiger partial charge on any atom is 0.196 e. The molecular weight excluding hydrogens is 813 g/mol. The SMILES string of the molecule is Cc1sc2c(c1C)C(c1ccc(N3CCC(CN4CCN(c5ccc([C@@H]6c7ccc(O)cc7CC[C@@H]6c6ccccc6)cc5)CC4)CC3)cc1)=N[C@H](Cc1ncco1)c1nnc(C)n1-2. The third kappa shape index (κ3) is 7.72. The highest BCUT2D eigenvalue weighted by atomic mass is 32.1. The number of piperazine rings is 1. The minimum Gasteiger partial charge on any atom is -0.508 e. The average Bonchev–Trinajstić information content (AvgIpc) is 4.04. The summed E-state index contributed by atoms with van der Waals surface area (Å²) in [5, 5.41) is 20.5. The van der Waals surface area contributed by atoms with Gasteiger partial charge >= 0.3 is 0 Å². The molecule has 4 aromatic carbocycles. The maximum atomic E-state index is 10.3. The van der Waals surface area contributed by atoms with Crippen molar-refractivity contribution in [2.45, 2.75) is 70.8 Å². The van der Waals surface area contributed by atoms with Crippen LogP contribution >= 0.6 is 11.3 Å². The number of rotatable bonds is 9. The van der Waals surface area contributed by atoms with Crippen LogP contribution in [0.15, 0.2) is 119 Å². The molecule has 7 aromatic rings. The second-order valence-corrected chi connectivity index (χ2v) is 19.5. The van der Waals surface area contributed by atoms with Crippen LogP contribution in [0, 0.1) is 26.7 Å². The smallest absolute Gasteiger partial charge is 0.196 e. The number of aliphatic imine (C=N–C) groups is 1. The monoisotopic (exact) mass is 868 g/mol. The number of aromatic hydroxyl groups is 1. The number of phenolic OH excluding ortho intramolecular Hbond substituents is 1. The molecule has 0 spiro atoms. The zero-order valence-corrected chi connectivity index (χ0v) is 37.8. The summed E-state index contributed by atoms with van der Waals surface area (Å²) in [5.41, 5.74) is 12.5. The van der Waals surface area contributed by atoms with Crippen molar-refractivity contribution >= 4 is 28.4 Å². The summed E-state index contributed by atoms with van der Waals surface area (Å²) in [6.45, 7) is 14.1. The molecule has 11 rings (SSSR count). The van der Waals surface area contributed by atoms with Crippen LogP contribution in [0.2, 0.25) is 0 Å². The number of oxazole rings is 1. The average molecular weight is 869 g/mol. The van der Waals surface area contributed by atoms with Crippen LogP contribution in [0.5, 0.6) is 5.75 Å². The van der Waals surface area contributed by atoms with Crippen molar-refractivity contribution in [1.82, 2.24) is 24.6 Å². The lowest BCUT2D eigenvalue weighted by atomic mass is 9.69. The second kappa shape index (κ2) is 17.2. The van der Waals surface area contributed by atoms with Crippen LogP contribution in [0.4, 0.5) is 11.4 Å². The van der Waals surface area contributed by atoms with Gasteiger partial charge in [0.05, 0.1) is 18.3 Å². The number of aryl methyl sites for hydroxylation is 3. The Bertz CT molecular complexity index is 2760. The largest absolute Gasteiger partial charge is 0.508 e. The number of nitrogens with zero attached hydrogens (tertiary/aromatic N) is 8. The Morgan fingerprint density at radius 1 is 0.766 bits per heavy atom. The molecule has 1 aliphatic carbocycles. The maximum absolute atomic E-state index is 10.3. The first-order valence-electron chi connectivity index (χ1n) is 23.1. The fraction of sp³-hybridized carbons (Fsp3) is 0.358. The molecule has 6 heterocycles. The quantitative estimate of drug-likeness (QED) is 0.153. The summed E-state index contributed by atoms with van der Waals surface area (Å²) < 4.78 is 7.88. The number of hydrogen-bond donors (Lipinski definition) is 1. The van der Waals surface area contributed by atoms with E-state index < -0.39 is 0 Å². The van der Waals surface area contributed by atoms with Gasteiger partial charge in [0.2, 0.25) is 0 Å². The van der Waals surface area contributed by atoms with E-state index in [-0.39, 0.29) is 12.0 Å². The molecule has 0 amide bonds. The molecule has 1 N–H and O–H groups in total. The van der Waals surface area contributed by atoms with Crippen LogP contribution in [0.3, 0.4) is 0 Å². The van der Waals surface area contributed by atoms with Gasteiger partial charge in [0, 0.05) is 79.1 Å². The van der Waals surface area contributed by atoms with Crippen LogP contribution in [-0.4, -0.2) is 81.3 Å². The molecule has 326 valence electrons. The zero-order valence-electron chi connectivity index (χ0n) is 37.0. The molecule has 0 bridgehead atoms. The lowest BCUT2D eigenvalue weighted by Gasteiger charge is -2.40. The van der Waals surface area contributed by atoms with Crippen molar-refractivity contribution < 1.29 is 9.52 Å². The first-order chi connectivity index (χ1) is 31.3. The molecule has 3 atom stereocenters. The van der Waals surface area contributed by atoms with Crippen LogP contribution < -0.4 is 9.80 Å². The predicted molar refractivity (Wildman–Crippen MR) is 256 cm³/mol. The number of benzene rings is 4. The summed E-state index contributed by atoms with van der Waals surface area (Å²) in [5.74, 6) is 4.09. The Hall–Kier alpha value is -6.04. The van der Waals surface area contributed by atoms with Crippen molar-refractivity contribution in [2.75, 3.05) is 55.6 Å². The molecule has 10 nitrogen and oxygen atoms in total. The normalized spacial score (nSPS) is 20.4. The third-order valence-electron chi connectivity index (χ3n) is 14.5. The highest BCUT2D eigenvalue weighted by Crippen LogP contribution is 2.47. The number of thiophene rings is 1. The number of phenols is 1. The lowest BCUT2D eigenvalue weighted by molar-refractivity contribution is 0.201. The Kier molecular flexibility index (Phi) is 10.9. The summed E-state index contributed by atoms with van der Waals surface area (Å²) >= 11 is 1.78. The molecule has 0 radical (unpaired) electrons. The number of anilines is 2. The summed E-state index contributed by atoms with van der Waals surface area (Å²) in [6.07, 6.45) is 8.31. The van der Waals surface area contributed by atoms with Crippen LogP contribution in [0.1, 0.15) is 98.5 Å². The van der Waals surface area contributed by atoms with Gasteiger partial charge in [-0.05, 0) is 123 Å². The minimum atomic E-state index is -0.278. The standard InChI is InChI=1S/C53H56N8O2S/c1-34-35(2)64-53-49(34)51(55-47(32-48-54-23-30-63-48)52-57-56-36(3)61(52)53)40-11-16-42(17-12-40)59-24-21-37(22-25-59)33-58-26-28-60(29-27-58)43-14-9-39(10-15-43)50-45(38-7-5-4-6-8-38)19-13-41-31-44(62)18-20-46(41)50/h4-12,14-18,20,23,30-31,37,45,47,50,62H,13,19,21-22,24-29,32-33H2,1-3H3/t45-,47-,50+/m1/s1. The van der Waals surface area contributed by atoms with Gasteiger partial charge in [0.15, 0.2) is 11.7 Å². The van der Waals surface area contributed by atoms with Crippen molar-refractivity contribution in [1.29, 1.82) is 0 Å². The van der Waals surface area contributed by atoms with Crippen molar-refractivity contribution in [3.05, 3.63) is 171 Å². The third-order valence-corrected chi connectivity index (χ3v) is 15.7. The molecule has 11 heteroatoms. The van der Waals surface area contributed by atoms with E-state index in [9.17, 15) is 5.11 Å². The first kappa shape index (κ1) is 40.7. The fourth-order valence-corrected chi connectivity index (χ4v) is 12.2. The molecule has 64 heavy (non-hydrogen) atoms. The highest BCUT2D eigenvalue weighted by Gasteiger charge is 2.34. The van der Waals surface area contributed by atoms with Gasteiger partial charge in [-0.15, -0.1) is 21.5 Å². The summed E-state index contributed by atoms with van der Waals surface area (Å²) in [7, 11) is 0. The number of piperidine rings is 1. The molecular formula is C53H56N8O2S. The molecule has 0 saturated carbocycles. The lowest BCUT2D eigenvalue weighted by Crippen LogP contribution is -2.49. The Labute approximate surface area is 379 Å². The van der Waals surface area contributed by atoms with E-state index in [1.807, 2.05) is 19.1 Å². The summed E-state index contributed by atoms with van der Waals surface area (Å²) in [6, 6.07) is 35.2. The summed E-state index contributed by atoms with van der Waals surface area (Å²) in [4.78, 5) is 19.0. The molecule has 3 aliphatic heterocycles. The van der Waals surface area contributed by atoms with Gasteiger partial charge in [-0.3, -0.25) is 14.5 Å². The van der Waals surface area contributed by atoms with E-state index in [4.69, 9.17) is 9.41 Å². The fourth-order valence-electron chi connectivity index (χ4n) is 11.0. The predicted octanol–water partition coefficient (Wildman–Crippen LogP) is 9.98. The van der Waals surface area contributed by atoms with Gasteiger partial charge < -0.3 is 19.3 Å². The van der Waals surface area contributed by atoms with Gasteiger partial charge in [-0.25, -0.2) is 4.98 Å². The second-order valence-electron chi connectivity index (χ2n) is 18.3. The molecule has 2 saturated heterocycles. The Morgan fingerprint density at radius 2 is 1.50 bits per heavy atom. The van der Waals surface area contributed by atoms with Gasteiger partial charge in [0.1, 0.15) is 28.9 Å². The van der Waals surface area contributed by atoms with Crippen LogP contribution in [0.25, 0.3) is 5.00 Å². The first-order valence-corrected chi connectivity index (χ1v) is 23.9. The van der Waals surface area contributed by atoms with Crippen molar-refractivity contribution in [3.63, 3.8) is 0 Å². The van der Waals surface area contributed by atoms with E-state index in [2.05, 4.69) is 133 Å². The Morgan fingerprint density at radius 3 is 2.23 bits per heavy atom. The van der Waals surface area contributed by atoms with Gasteiger partial charge in [-0.1, -0.05) is 60.7 Å². The highest BCUT2D eigenvalue weighted by molar-refractivity contribution is 7.15. The van der Waals surface area contributed by atoms with Crippen LogP contribution in [-0.2, 0) is 12.8 Å². The van der Waals surface area contributed by atoms with E-state index in [1.54, 1.807) is 23.8 Å². The topological polar surface area (TPSA) is 99.1 Å². The van der Waals surface area contributed by atoms with E-state index in [0.29, 0.717) is 29.9 Å². The molecule has 2 fully saturated rings. The number of hydrogen-bond acceptors (Lipinski definition) is 10. The Balaban J connectivity index is 0.717. The molecule has 3 aromatic heterocycles. The molecule has 0 unspecified atom stereocenters. The van der Waals surface area contributed by atoms with Crippen molar-refractivity contribution in [3.8, 4) is 10.8 Å². The number of aromatic nitrogens is 4. The van der Waals surface area contributed by atoms with Gasteiger partial charge in [-0.2, -0.15) is 0 Å². The van der Waals surface area contributed by atoms with E-state index >= 15 is 0 Å². The zero-order chi connectivity index (χ0) is 43.3. The van der Waals surface area contributed by atoms with Crippen molar-refractivity contribution in [2.24, 2.45) is 10.9 Å².